The molecule has 0 aliphatic rings. The van der Waals surface area contributed by atoms with Gasteiger partial charge < -0.3 is 9.67 Å². The molecule has 3 aromatic rings. The second-order valence-electron chi connectivity index (χ2n) is 6.00. The van der Waals surface area contributed by atoms with Crippen molar-refractivity contribution in [1.29, 1.82) is 0 Å². The summed E-state index contributed by atoms with van der Waals surface area (Å²) in [6.07, 6.45) is 11.4. The van der Waals surface area contributed by atoms with Crippen LogP contribution in [0.4, 0.5) is 0 Å². The van der Waals surface area contributed by atoms with E-state index in [4.69, 9.17) is 0 Å². The summed E-state index contributed by atoms with van der Waals surface area (Å²) in [7, 11) is 1.98. The second kappa shape index (κ2) is 10.1. The van der Waals surface area contributed by atoms with Gasteiger partial charge in [-0.15, -0.1) is 0 Å². The van der Waals surface area contributed by atoms with E-state index < -0.39 is 0 Å². The van der Waals surface area contributed by atoms with E-state index in [0.717, 1.165) is 21.8 Å². The lowest BCUT2D eigenvalue weighted by Gasteiger charge is -2.07. The van der Waals surface area contributed by atoms with Crippen LogP contribution in [0.15, 0.2) is 71.6 Å². The predicted molar refractivity (Wildman–Crippen MR) is 121 cm³/mol. The number of benzene rings is 2. The highest BCUT2D eigenvalue weighted by Crippen LogP contribution is 2.10. The van der Waals surface area contributed by atoms with Crippen LogP contribution in [0.1, 0.15) is 26.3 Å². The first-order valence-electron chi connectivity index (χ1n) is 9.50. The predicted octanol–water partition coefficient (Wildman–Crippen LogP) is 4.12. The third-order valence-corrected chi connectivity index (χ3v) is 4.33. The molecule has 0 atom stereocenters. The summed E-state index contributed by atoms with van der Waals surface area (Å²) < 4.78 is 2.04. The van der Waals surface area contributed by atoms with Crippen LogP contribution in [0.3, 0.4) is 0 Å². The molecule has 0 saturated carbocycles. The molecule has 1 N–H and O–H groups in total. The minimum Gasteiger partial charge on any atom is -0.508 e. The lowest BCUT2D eigenvalue weighted by atomic mass is 10.1. The minimum atomic E-state index is 0.0407. The number of rotatable bonds is 3. The average molecular weight is 373 g/mol. The Morgan fingerprint density at radius 1 is 0.929 bits per heavy atom. The normalized spacial score (nSPS) is 12.7. The number of para-hydroxylation sites is 1. The Kier molecular flexibility index (Phi) is 7.58. The summed E-state index contributed by atoms with van der Waals surface area (Å²) in [5, 5.41) is 11.6. The molecule has 144 valence electrons. The molecule has 0 radical (unpaired) electrons. The van der Waals surface area contributed by atoms with Crippen molar-refractivity contribution in [2.45, 2.75) is 20.8 Å². The first kappa shape index (κ1) is 21.0. The number of aromatic nitrogens is 1. The van der Waals surface area contributed by atoms with Crippen LogP contribution in [0, 0.1) is 0 Å². The molecule has 0 saturated heterocycles. The van der Waals surface area contributed by atoms with Gasteiger partial charge in [-0.3, -0.25) is 4.79 Å². The fraction of sp³-hybridized carbons (Fsp3) is 0.160. The van der Waals surface area contributed by atoms with Gasteiger partial charge in [0.25, 0.3) is 0 Å². The second-order valence-corrected chi connectivity index (χ2v) is 6.00. The Hall–Kier alpha value is -3.33. The van der Waals surface area contributed by atoms with Crippen molar-refractivity contribution in [2.24, 2.45) is 7.05 Å². The van der Waals surface area contributed by atoms with Crippen LogP contribution in [0.25, 0.3) is 29.1 Å². The Morgan fingerprint density at radius 3 is 2.29 bits per heavy atom. The summed E-state index contributed by atoms with van der Waals surface area (Å²) in [5.41, 5.74) is 1.97. The van der Waals surface area contributed by atoms with Crippen LogP contribution in [0.5, 0.6) is 5.75 Å². The van der Waals surface area contributed by atoms with Crippen LogP contribution < -0.4 is 16.0 Å². The summed E-state index contributed by atoms with van der Waals surface area (Å²) in [5.74, 6) is 0.251. The molecule has 3 rings (SSSR count). The lowest BCUT2D eigenvalue weighted by molar-refractivity contribution is 0.475. The van der Waals surface area contributed by atoms with Crippen LogP contribution >= 0.6 is 0 Å². The van der Waals surface area contributed by atoms with Gasteiger partial charge in [0.1, 0.15) is 5.75 Å². The van der Waals surface area contributed by atoms with Gasteiger partial charge in [-0.25, -0.2) is 0 Å². The fourth-order valence-corrected chi connectivity index (χ4v) is 3.01. The number of allylic oxidation sites excluding steroid dienone is 3. The number of hydrogen-bond acceptors (Lipinski definition) is 2. The zero-order valence-electron chi connectivity index (χ0n) is 16.9. The molecular weight excluding hydrogens is 346 g/mol. The maximum atomic E-state index is 12.8. The average Bonchev–Trinajstić information content (AvgIpc) is 2.74. The molecule has 3 nitrogen and oxygen atoms in total. The van der Waals surface area contributed by atoms with E-state index in [1.807, 2.05) is 105 Å². The molecule has 0 aliphatic heterocycles. The number of phenolic OH excluding ortho intramolecular Hbond substituents is 1. The summed E-state index contributed by atoms with van der Waals surface area (Å²) in [6, 6.07) is 14.6. The highest BCUT2D eigenvalue weighted by molar-refractivity contribution is 5.79. The van der Waals surface area contributed by atoms with Crippen molar-refractivity contribution < 1.29 is 5.11 Å². The van der Waals surface area contributed by atoms with E-state index in [1.165, 1.54) is 0 Å². The Morgan fingerprint density at radius 2 is 1.61 bits per heavy atom. The molecule has 0 spiro atoms. The van der Waals surface area contributed by atoms with Gasteiger partial charge in [0.2, 0.25) is 0 Å². The molecule has 0 fully saturated rings. The topological polar surface area (TPSA) is 42.2 Å². The third-order valence-electron chi connectivity index (χ3n) is 4.33. The van der Waals surface area contributed by atoms with Crippen molar-refractivity contribution in [3.8, 4) is 5.75 Å². The zero-order chi connectivity index (χ0) is 20.5. The van der Waals surface area contributed by atoms with Crippen molar-refractivity contribution in [1.82, 2.24) is 4.57 Å². The molecule has 28 heavy (non-hydrogen) atoms. The van der Waals surface area contributed by atoms with Gasteiger partial charge in [-0.1, -0.05) is 68.5 Å². The molecule has 3 heteroatoms. The first-order chi connectivity index (χ1) is 13.6. The van der Waals surface area contributed by atoms with Crippen LogP contribution in [-0.2, 0) is 7.05 Å². The van der Waals surface area contributed by atoms with E-state index in [2.05, 4.69) is 0 Å². The first-order valence-corrected chi connectivity index (χ1v) is 9.50. The number of phenols is 1. The molecule has 0 amide bonds. The maximum absolute atomic E-state index is 12.8. The highest BCUT2D eigenvalue weighted by atomic mass is 16.3. The largest absolute Gasteiger partial charge is 0.508 e. The number of aryl methyl sites for hydroxylation is 1. The Labute approximate surface area is 165 Å². The molecule has 1 aromatic heterocycles. The molecule has 0 aliphatic carbocycles. The number of pyridine rings is 1. The number of nitrogens with zero attached hydrogens (tertiary/aromatic N) is 1. The van der Waals surface area contributed by atoms with Gasteiger partial charge in [-0.05, 0) is 42.8 Å². The number of hydrogen-bond donors (Lipinski definition) is 1. The number of aromatic hydroxyl groups is 1. The quantitative estimate of drug-likeness (QED) is 0.702. The molecule has 1 heterocycles. The monoisotopic (exact) mass is 373 g/mol. The van der Waals surface area contributed by atoms with Gasteiger partial charge in [-0.2, -0.15) is 0 Å². The SMILES string of the molecule is CC.C\C=c1/c(=C\C=C\C=C\c2ccc(O)cc2)c(=O)c2ccccc2n1C. The standard InChI is InChI=1S/C23H21NO2.C2H6/c1-3-21-19(23(26)20-11-7-8-12-22(20)24(21)2)10-6-4-5-9-17-13-15-18(25)16-14-17;1-2/h3-16,25H,1-2H3;1-2H3/b6-4+,9-5+,19-10+,21-3+;. The van der Waals surface area contributed by atoms with E-state index in [9.17, 15) is 9.90 Å². The fourth-order valence-electron chi connectivity index (χ4n) is 3.01. The summed E-state index contributed by atoms with van der Waals surface area (Å²) in [4.78, 5) is 12.8. The van der Waals surface area contributed by atoms with Gasteiger partial charge in [0, 0.05) is 23.0 Å². The Bertz CT molecular complexity index is 1160. The van der Waals surface area contributed by atoms with Crippen LogP contribution in [-0.4, -0.2) is 9.67 Å². The van der Waals surface area contributed by atoms with Crippen molar-refractivity contribution in [2.75, 3.05) is 0 Å². The molecular formula is C25H27NO2. The van der Waals surface area contributed by atoms with Crippen molar-refractivity contribution in [3.05, 3.63) is 93.1 Å². The van der Waals surface area contributed by atoms with E-state index in [-0.39, 0.29) is 11.2 Å². The minimum absolute atomic E-state index is 0.0407. The molecule has 2 aromatic carbocycles. The number of fused-ring (bicyclic) bond motifs is 1. The summed E-state index contributed by atoms with van der Waals surface area (Å²) in [6.45, 7) is 5.94. The zero-order valence-corrected chi connectivity index (χ0v) is 16.9. The Balaban J connectivity index is 0.00000136. The third kappa shape index (κ3) is 4.68. The van der Waals surface area contributed by atoms with E-state index >= 15 is 0 Å². The van der Waals surface area contributed by atoms with Crippen LogP contribution in [0.2, 0.25) is 0 Å². The smallest absolute Gasteiger partial charge is 0.197 e. The molecule has 0 unspecified atom stereocenters. The van der Waals surface area contributed by atoms with Gasteiger partial charge in [0.15, 0.2) is 5.43 Å². The van der Waals surface area contributed by atoms with Gasteiger partial charge in [0.05, 0.1) is 5.52 Å². The van der Waals surface area contributed by atoms with Crippen molar-refractivity contribution >= 4 is 29.1 Å². The maximum Gasteiger partial charge on any atom is 0.197 e. The lowest BCUT2D eigenvalue weighted by Crippen LogP contribution is -2.44. The summed E-state index contributed by atoms with van der Waals surface area (Å²) >= 11 is 0. The highest BCUT2D eigenvalue weighted by Gasteiger charge is 2.03. The van der Waals surface area contributed by atoms with E-state index in [0.29, 0.717) is 5.22 Å². The molecule has 0 bridgehead atoms. The van der Waals surface area contributed by atoms with Gasteiger partial charge >= 0.3 is 0 Å². The van der Waals surface area contributed by atoms with E-state index in [1.54, 1.807) is 12.1 Å². The van der Waals surface area contributed by atoms with Crippen molar-refractivity contribution in [3.63, 3.8) is 0 Å².